The third-order valence-electron chi connectivity index (χ3n) is 8.26. The van der Waals surface area contributed by atoms with Crippen LogP contribution in [0.15, 0.2) is 71.9 Å². The Morgan fingerprint density at radius 1 is 1.05 bits per heavy atom. The Bertz CT molecular complexity index is 1670. The van der Waals surface area contributed by atoms with E-state index >= 15 is 0 Å². The van der Waals surface area contributed by atoms with Gasteiger partial charge in [-0.05, 0) is 35.9 Å². The number of carbonyl (C=O) groups excluding carboxylic acids is 1. The van der Waals surface area contributed by atoms with E-state index in [4.69, 9.17) is 14.7 Å². The van der Waals surface area contributed by atoms with E-state index in [-0.39, 0.29) is 19.1 Å². The Balaban J connectivity index is 1.26. The molecule has 9 nitrogen and oxygen atoms in total. The summed E-state index contributed by atoms with van der Waals surface area (Å²) in [6.07, 6.45) is 2.07. The van der Waals surface area contributed by atoms with Gasteiger partial charge in [-0.1, -0.05) is 60.7 Å². The van der Waals surface area contributed by atoms with E-state index in [0.717, 1.165) is 41.3 Å². The highest BCUT2D eigenvalue weighted by Gasteiger charge is 2.35. The highest BCUT2D eigenvalue weighted by atomic mass is 32.2. The second-order valence-electron chi connectivity index (χ2n) is 11.0. The third-order valence-corrected chi connectivity index (χ3v) is 8.96. The third kappa shape index (κ3) is 5.96. The highest BCUT2D eigenvalue weighted by molar-refractivity contribution is 7.90. The Morgan fingerprint density at radius 3 is 2.60 bits per heavy atom. The van der Waals surface area contributed by atoms with Crippen molar-refractivity contribution in [1.82, 2.24) is 14.9 Å². The minimum absolute atomic E-state index is 0.172. The first kappa shape index (κ1) is 28.8. The van der Waals surface area contributed by atoms with Crippen LogP contribution in [0.5, 0.6) is 0 Å². The molecular weight excluding hydrogens is 560 g/mol. The van der Waals surface area contributed by atoms with Crippen molar-refractivity contribution >= 4 is 39.5 Å². The van der Waals surface area contributed by atoms with Crippen LogP contribution in [-0.4, -0.2) is 64.0 Å². The molecule has 0 bridgehead atoms. The molecule has 3 heterocycles. The summed E-state index contributed by atoms with van der Waals surface area (Å²) >= 11 is -1.38. The number of piperazine rings is 1. The molecule has 1 amide bonds. The van der Waals surface area contributed by atoms with Crippen molar-refractivity contribution in [1.29, 1.82) is 5.26 Å². The molecule has 4 aromatic rings. The van der Waals surface area contributed by atoms with E-state index in [1.807, 2.05) is 30.3 Å². The van der Waals surface area contributed by atoms with Crippen molar-refractivity contribution in [3.63, 3.8) is 0 Å². The number of anilines is 2. The molecule has 1 unspecified atom stereocenters. The van der Waals surface area contributed by atoms with Crippen LogP contribution >= 0.6 is 0 Å². The average Bonchev–Trinajstić information content (AvgIpc) is 3.03. The average molecular weight is 595 g/mol. The lowest BCUT2D eigenvalue weighted by Gasteiger charge is -2.41. The molecule has 2 atom stereocenters. The van der Waals surface area contributed by atoms with E-state index in [0.29, 0.717) is 31.3 Å². The Kier molecular flexibility index (Phi) is 8.36. The summed E-state index contributed by atoms with van der Waals surface area (Å²) in [6, 6.07) is 24.2. The normalized spacial score (nSPS) is 17.3. The molecule has 1 aromatic heterocycles. The van der Waals surface area contributed by atoms with Crippen LogP contribution in [0.1, 0.15) is 28.8 Å². The summed E-state index contributed by atoms with van der Waals surface area (Å²) in [4.78, 5) is 28.8. The maximum absolute atomic E-state index is 13.1. The molecule has 1 saturated heterocycles. The Morgan fingerprint density at radius 2 is 1.84 bits per heavy atom. The van der Waals surface area contributed by atoms with E-state index in [1.165, 1.54) is 16.3 Å². The Labute approximate surface area is 254 Å². The highest BCUT2D eigenvalue weighted by Crippen LogP contribution is 2.35. The van der Waals surface area contributed by atoms with Crippen molar-refractivity contribution < 1.29 is 14.1 Å². The van der Waals surface area contributed by atoms with Gasteiger partial charge in [0.2, 0.25) is 0 Å². The second kappa shape index (κ2) is 12.5. The fourth-order valence-electron chi connectivity index (χ4n) is 6.12. The number of benzene rings is 3. The molecule has 220 valence electrons. The number of nitrogens with zero attached hydrogens (tertiary/aromatic N) is 6. The Hall–Kier alpha value is -4.33. The number of ether oxygens (including phenoxy) is 1. The van der Waals surface area contributed by atoms with Gasteiger partial charge >= 0.3 is 11.2 Å². The lowest BCUT2D eigenvalue weighted by atomic mass is 9.99. The zero-order chi connectivity index (χ0) is 29.9. The topological polar surface area (TPSA) is 109 Å². The molecule has 2 aliphatic rings. The molecule has 2 aliphatic heterocycles. The van der Waals surface area contributed by atoms with Crippen molar-refractivity contribution in [2.24, 2.45) is 0 Å². The number of hydrogen-bond acceptors (Lipinski definition) is 8. The molecule has 1 fully saturated rings. The van der Waals surface area contributed by atoms with Gasteiger partial charge < -0.3 is 24.0 Å². The van der Waals surface area contributed by atoms with Gasteiger partial charge in [-0.25, -0.2) is 4.79 Å². The van der Waals surface area contributed by atoms with Crippen LogP contribution in [-0.2, 0) is 35.5 Å². The van der Waals surface area contributed by atoms with E-state index < -0.39 is 17.3 Å². The molecule has 6 rings (SSSR count). The number of aromatic nitrogens is 2. The predicted octanol–water partition coefficient (Wildman–Crippen LogP) is 4.98. The minimum Gasteiger partial charge on any atom is -0.609 e. The molecule has 0 spiro atoms. The predicted molar refractivity (Wildman–Crippen MR) is 167 cm³/mol. The largest absolute Gasteiger partial charge is 0.609 e. The first-order valence-electron chi connectivity index (χ1n) is 14.5. The number of fused-ring (bicyclic) bond motifs is 2. The number of aryl methyl sites for hydroxylation is 1. The van der Waals surface area contributed by atoms with Gasteiger partial charge in [0.25, 0.3) is 0 Å². The van der Waals surface area contributed by atoms with Gasteiger partial charge in [-0.15, -0.1) is 0 Å². The molecular formula is C33H34N6O3S. The van der Waals surface area contributed by atoms with Gasteiger partial charge in [0.15, 0.2) is 0 Å². The second-order valence-corrected chi connectivity index (χ2v) is 12.3. The van der Waals surface area contributed by atoms with Gasteiger partial charge in [-0.3, -0.25) is 0 Å². The molecule has 0 radical (unpaired) electrons. The molecule has 0 N–H and O–H groups in total. The standard InChI is InChI=1S/C33H34N6O3S/c1-23-8-6-11-25-12-7-13-29(30(23)25)37-17-15-27-28(21-37)35-32(43(2)41)36-31(27)38-18-19-39(26(20-38)14-16-34)33(40)42-22-24-9-4-3-5-10-24/h3-13,26H,14-15,17-22H2,1-2H3/t26-,43?/m0/s1. The first-order valence-corrected chi connectivity index (χ1v) is 16.0. The van der Waals surface area contributed by atoms with E-state index in [9.17, 15) is 14.6 Å². The number of carbonyl (C=O) groups is 1. The van der Waals surface area contributed by atoms with Gasteiger partial charge in [0, 0.05) is 54.0 Å². The molecule has 43 heavy (non-hydrogen) atoms. The van der Waals surface area contributed by atoms with Crippen LogP contribution in [0.4, 0.5) is 16.3 Å². The summed E-state index contributed by atoms with van der Waals surface area (Å²) in [5.41, 5.74) is 5.21. The van der Waals surface area contributed by atoms with Crippen LogP contribution < -0.4 is 9.80 Å². The van der Waals surface area contributed by atoms with Crippen LogP contribution in [0, 0.1) is 18.3 Å². The lowest BCUT2D eigenvalue weighted by molar-refractivity contribution is 0.0767. The van der Waals surface area contributed by atoms with Crippen LogP contribution in [0.2, 0.25) is 0 Å². The molecule has 3 aromatic carbocycles. The van der Waals surface area contributed by atoms with E-state index in [1.54, 1.807) is 11.2 Å². The monoisotopic (exact) mass is 594 g/mol. The first-order chi connectivity index (χ1) is 20.9. The number of amides is 1. The molecule has 0 saturated carbocycles. The summed E-state index contributed by atoms with van der Waals surface area (Å²) in [7, 11) is 0. The van der Waals surface area contributed by atoms with Crippen molar-refractivity contribution in [2.75, 3.05) is 42.2 Å². The zero-order valence-corrected chi connectivity index (χ0v) is 25.2. The van der Waals surface area contributed by atoms with E-state index in [2.05, 4.69) is 59.2 Å². The fraction of sp³-hybridized carbons (Fsp3) is 0.333. The SMILES string of the molecule is Cc1cccc2cccc(N3CCc4c(nc([S+](C)[O-])nc4N4CCN(C(=O)OCc5ccccc5)[C@@H](CC#N)C4)C3)c12. The van der Waals surface area contributed by atoms with Gasteiger partial charge in [0.1, 0.15) is 18.7 Å². The van der Waals surface area contributed by atoms with Crippen molar-refractivity contribution in [3.8, 4) is 6.07 Å². The smallest absolute Gasteiger partial charge is 0.410 e. The number of hydrogen-bond donors (Lipinski definition) is 0. The fourth-order valence-corrected chi connectivity index (χ4v) is 6.58. The maximum atomic E-state index is 13.1. The van der Waals surface area contributed by atoms with Crippen molar-refractivity contribution in [3.05, 3.63) is 89.1 Å². The maximum Gasteiger partial charge on any atom is 0.410 e. The van der Waals surface area contributed by atoms with Crippen LogP contribution in [0.3, 0.4) is 0 Å². The molecule has 0 aliphatic carbocycles. The summed E-state index contributed by atoms with van der Waals surface area (Å²) in [5, 5.41) is 12.3. The van der Waals surface area contributed by atoms with Gasteiger partial charge in [-0.2, -0.15) is 15.2 Å². The zero-order valence-electron chi connectivity index (χ0n) is 24.4. The van der Waals surface area contributed by atoms with Gasteiger partial charge in [0.05, 0.1) is 30.8 Å². The summed E-state index contributed by atoms with van der Waals surface area (Å²) < 4.78 is 18.3. The summed E-state index contributed by atoms with van der Waals surface area (Å²) in [5.74, 6) is 0.754. The quantitative estimate of drug-likeness (QED) is 0.227. The number of nitriles is 1. The van der Waals surface area contributed by atoms with Crippen molar-refractivity contribution in [2.45, 2.75) is 44.1 Å². The van der Waals surface area contributed by atoms with Crippen LogP contribution in [0.25, 0.3) is 10.8 Å². The molecule has 10 heteroatoms. The number of rotatable bonds is 6. The summed E-state index contributed by atoms with van der Waals surface area (Å²) in [6.45, 7) is 5.03. The lowest BCUT2D eigenvalue weighted by Crippen LogP contribution is -2.56. The minimum atomic E-state index is -1.38.